The molecule has 0 heterocycles. The number of rotatable bonds is 10. The Morgan fingerprint density at radius 2 is 1.82 bits per heavy atom. The maximum Gasteiger partial charge on any atom is 0.132 e. The molecule has 0 spiro atoms. The number of hydrogen-bond donors (Lipinski definition) is 1. The molecular formula is C15H28O2. The van der Waals surface area contributed by atoms with Crippen LogP contribution >= 0.6 is 0 Å². The number of aliphatic hydroxyl groups excluding tert-OH is 1. The monoisotopic (exact) mass is 240 g/mol. The zero-order valence-electron chi connectivity index (χ0n) is 11.7. The lowest BCUT2D eigenvalue weighted by atomic mass is 9.93. The van der Waals surface area contributed by atoms with Crippen LogP contribution in [-0.2, 0) is 4.79 Å². The largest absolute Gasteiger partial charge is 0.393 e. The Balaban J connectivity index is 3.57. The van der Waals surface area contributed by atoms with E-state index < -0.39 is 0 Å². The Labute approximate surface area is 106 Å². The lowest BCUT2D eigenvalue weighted by Gasteiger charge is -2.18. The molecule has 100 valence electrons. The van der Waals surface area contributed by atoms with Crippen LogP contribution in [0.4, 0.5) is 0 Å². The summed E-state index contributed by atoms with van der Waals surface area (Å²) in [4.78, 5) is 11.4. The van der Waals surface area contributed by atoms with Gasteiger partial charge in [0.2, 0.25) is 0 Å². The van der Waals surface area contributed by atoms with E-state index in [-0.39, 0.29) is 12.0 Å². The van der Waals surface area contributed by atoms with Crippen LogP contribution in [0.2, 0.25) is 0 Å². The first-order chi connectivity index (χ1) is 7.99. The van der Waals surface area contributed by atoms with Gasteiger partial charge in [-0.25, -0.2) is 0 Å². The number of ketones is 1. The van der Waals surface area contributed by atoms with Gasteiger partial charge in [0.15, 0.2) is 0 Å². The Morgan fingerprint density at radius 3 is 2.35 bits per heavy atom. The van der Waals surface area contributed by atoms with E-state index in [4.69, 9.17) is 0 Å². The first-order valence-electron chi connectivity index (χ1n) is 6.84. The topological polar surface area (TPSA) is 37.3 Å². The quantitative estimate of drug-likeness (QED) is 0.465. The number of carbonyl (C=O) groups excluding carboxylic acids is 1. The van der Waals surface area contributed by atoms with Crippen molar-refractivity contribution in [1.29, 1.82) is 0 Å². The maximum atomic E-state index is 11.4. The minimum absolute atomic E-state index is 0.158. The summed E-state index contributed by atoms with van der Waals surface area (Å²) in [6.45, 7) is 9.90. The van der Waals surface area contributed by atoms with E-state index in [9.17, 15) is 9.90 Å². The lowest BCUT2D eigenvalue weighted by Crippen LogP contribution is -2.18. The average Bonchev–Trinajstić information content (AvgIpc) is 2.30. The zero-order chi connectivity index (χ0) is 13.3. The van der Waals surface area contributed by atoms with Crippen molar-refractivity contribution in [1.82, 2.24) is 0 Å². The van der Waals surface area contributed by atoms with Gasteiger partial charge in [0.05, 0.1) is 6.10 Å². The summed E-state index contributed by atoms with van der Waals surface area (Å²) in [5.41, 5.74) is 1.02. The number of hydrogen-bond acceptors (Lipinski definition) is 2. The third-order valence-corrected chi connectivity index (χ3v) is 3.37. The highest BCUT2D eigenvalue weighted by Crippen LogP contribution is 2.17. The molecule has 2 nitrogen and oxygen atoms in total. The van der Waals surface area contributed by atoms with Crippen molar-refractivity contribution in [3.8, 4) is 0 Å². The molecule has 0 aromatic carbocycles. The molecule has 0 radical (unpaired) electrons. The number of Topliss-reactive ketones (excluding diaryl/α,β-unsaturated/α-hetero) is 1. The minimum Gasteiger partial charge on any atom is -0.393 e. The van der Waals surface area contributed by atoms with Crippen LogP contribution in [-0.4, -0.2) is 17.0 Å². The molecule has 0 bridgehead atoms. The number of unbranched alkanes of at least 4 members (excludes halogenated alkanes) is 2. The van der Waals surface area contributed by atoms with Gasteiger partial charge in [-0.05, 0) is 26.2 Å². The van der Waals surface area contributed by atoms with Gasteiger partial charge in [-0.1, -0.05) is 38.8 Å². The van der Waals surface area contributed by atoms with E-state index in [2.05, 4.69) is 13.5 Å². The number of carbonyl (C=O) groups is 1. The molecule has 17 heavy (non-hydrogen) atoms. The molecule has 0 saturated heterocycles. The summed E-state index contributed by atoms with van der Waals surface area (Å²) in [5.74, 6) is 0.528. The third-order valence-electron chi connectivity index (χ3n) is 3.37. The standard InChI is InChI=1S/C15H28O2/c1-5-6-9-14(16)10-7-8-11-15(17)13(4)12(2)3/h13,15,17H,2,5-11H2,1,3-4H3/t13-,15-/m1/s1. The van der Waals surface area contributed by atoms with Gasteiger partial charge in [0, 0.05) is 18.8 Å². The molecule has 0 aliphatic rings. The van der Waals surface area contributed by atoms with E-state index in [0.717, 1.165) is 44.1 Å². The molecule has 0 unspecified atom stereocenters. The highest BCUT2D eigenvalue weighted by atomic mass is 16.3. The second-order valence-corrected chi connectivity index (χ2v) is 5.09. The van der Waals surface area contributed by atoms with Crippen molar-refractivity contribution in [3.63, 3.8) is 0 Å². The Hall–Kier alpha value is -0.630. The van der Waals surface area contributed by atoms with E-state index in [1.807, 2.05) is 13.8 Å². The predicted molar refractivity (Wildman–Crippen MR) is 73.0 cm³/mol. The van der Waals surface area contributed by atoms with Gasteiger partial charge in [-0.2, -0.15) is 0 Å². The van der Waals surface area contributed by atoms with Crippen molar-refractivity contribution in [3.05, 3.63) is 12.2 Å². The highest BCUT2D eigenvalue weighted by molar-refractivity contribution is 5.78. The van der Waals surface area contributed by atoms with Crippen molar-refractivity contribution < 1.29 is 9.90 Å². The molecule has 0 rings (SSSR count). The smallest absolute Gasteiger partial charge is 0.132 e. The average molecular weight is 240 g/mol. The Morgan fingerprint density at radius 1 is 1.24 bits per heavy atom. The molecule has 0 amide bonds. The molecule has 0 aromatic heterocycles. The van der Waals surface area contributed by atoms with E-state index in [1.54, 1.807) is 0 Å². The van der Waals surface area contributed by atoms with Crippen LogP contribution in [0.3, 0.4) is 0 Å². The van der Waals surface area contributed by atoms with Gasteiger partial charge in [-0.3, -0.25) is 4.79 Å². The fourth-order valence-corrected chi connectivity index (χ4v) is 1.75. The Kier molecular flexibility index (Phi) is 9.06. The van der Waals surface area contributed by atoms with Gasteiger partial charge in [-0.15, -0.1) is 0 Å². The summed E-state index contributed by atoms with van der Waals surface area (Å²) < 4.78 is 0. The molecular weight excluding hydrogens is 212 g/mol. The second-order valence-electron chi connectivity index (χ2n) is 5.09. The molecule has 0 aliphatic carbocycles. The van der Waals surface area contributed by atoms with E-state index >= 15 is 0 Å². The van der Waals surface area contributed by atoms with Gasteiger partial charge >= 0.3 is 0 Å². The fraction of sp³-hybridized carbons (Fsp3) is 0.800. The molecule has 1 N–H and O–H groups in total. The zero-order valence-corrected chi connectivity index (χ0v) is 11.7. The number of aliphatic hydroxyl groups is 1. The normalized spacial score (nSPS) is 14.4. The van der Waals surface area contributed by atoms with Crippen LogP contribution in [0.25, 0.3) is 0 Å². The van der Waals surface area contributed by atoms with Crippen molar-refractivity contribution in [2.24, 2.45) is 5.92 Å². The van der Waals surface area contributed by atoms with Crippen LogP contribution in [0.1, 0.15) is 65.7 Å². The summed E-state index contributed by atoms with van der Waals surface area (Å²) in [5, 5.41) is 9.85. The van der Waals surface area contributed by atoms with Crippen LogP contribution in [0.15, 0.2) is 12.2 Å². The van der Waals surface area contributed by atoms with Crippen molar-refractivity contribution in [2.45, 2.75) is 71.8 Å². The summed E-state index contributed by atoms with van der Waals surface area (Å²) in [6.07, 6.45) is 5.79. The summed E-state index contributed by atoms with van der Waals surface area (Å²) in [6, 6.07) is 0. The van der Waals surface area contributed by atoms with Crippen molar-refractivity contribution >= 4 is 5.78 Å². The molecule has 0 saturated carbocycles. The van der Waals surface area contributed by atoms with Crippen LogP contribution in [0.5, 0.6) is 0 Å². The SMILES string of the molecule is C=C(C)[C@@H](C)[C@H](O)CCCCC(=O)CCCC. The Bertz CT molecular complexity index is 233. The highest BCUT2D eigenvalue weighted by Gasteiger charge is 2.14. The third kappa shape index (κ3) is 8.14. The first kappa shape index (κ1) is 16.4. The predicted octanol–water partition coefficient (Wildman–Crippen LogP) is 3.88. The summed E-state index contributed by atoms with van der Waals surface area (Å²) in [7, 11) is 0. The summed E-state index contributed by atoms with van der Waals surface area (Å²) >= 11 is 0. The fourth-order valence-electron chi connectivity index (χ4n) is 1.75. The maximum absolute atomic E-state index is 11.4. The van der Waals surface area contributed by atoms with Gasteiger partial charge < -0.3 is 5.11 Å². The van der Waals surface area contributed by atoms with Gasteiger partial charge in [0.1, 0.15) is 5.78 Å². The molecule has 0 aliphatic heterocycles. The van der Waals surface area contributed by atoms with Crippen molar-refractivity contribution in [2.75, 3.05) is 0 Å². The molecule has 0 fully saturated rings. The first-order valence-corrected chi connectivity index (χ1v) is 6.84. The second kappa shape index (κ2) is 9.41. The molecule has 2 atom stereocenters. The molecule has 0 aromatic rings. The molecule has 2 heteroatoms. The lowest BCUT2D eigenvalue weighted by molar-refractivity contribution is -0.119. The van der Waals surface area contributed by atoms with Gasteiger partial charge in [0.25, 0.3) is 0 Å². The van der Waals surface area contributed by atoms with E-state index in [0.29, 0.717) is 12.2 Å². The van der Waals surface area contributed by atoms with Crippen LogP contribution < -0.4 is 0 Å². The minimum atomic E-state index is -0.307. The van der Waals surface area contributed by atoms with E-state index in [1.165, 1.54) is 0 Å². The van der Waals surface area contributed by atoms with Crippen LogP contribution in [0, 0.1) is 5.92 Å².